The van der Waals surface area contributed by atoms with Crippen molar-refractivity contribution in [3.05, 3.63) is 35.9 Å². The van der Waals surface area contributed by atoms with Gasteiger partial charge in [-0.25, -0.2) is 0 Å². The van der Waals surface area contributed by atoms with Gasteiger partial charge in [-0.1, -0.05) is 37.3 Å². The van der Waals surface area contributed by atoms with Crippen molar-refractivity contribution in [2.24, 2.45) is 0 Å². The number of nitrogens with zero attached hydrogens (tertiary/aromatic N) is 1. The van der Waals surface area contributed by atoms with Crippen LogP contribution in [0.25, 0.3) is 0 Å². The molecule has 0 heterocycles. The summed E-state index contributed by atoms with van der Waals surface area (Å²) < 4.78 is 0. The Balaban J connectivity index is 2.37. The Bertz CT molecular complexity index is 248. The quantitative estimate of drug-likeness (QED) is 0.772. The summed E-state index contributed by atoms with van der Waals surface area (Å²) in [5.41, 5.74) is 1.29. The van der Waals surface area contributed by atoms with Crippen LogP contribution in [-0.4, -0.2) is 29.7 Å². The predicted molar refractivity (Wildman–Crippen MR) is 59.1 cm³/mol. The van der Waals surface area contributed by atoms with E-state index in [4.69, 9.17) is 0 Å². The predicted octanol–water partition coefficient (Wildman–Crippen LogP) is 1.89. The molecule has 2 heteroatoms. The highest BCUT2D eigenvalue weighted by molar-refractivity contribution is 5.14. The van der Waals surface area contributed by atoms with Crippen LogP contribution < -0.4 is 0 Å². The summed E-state index contributed by atoms with van der Waals surface area (Å²) in [7, 11) is 2.03. The second-order valence-corrected chi connectivity index (χ2v) is 3.74. The van der Waals surface area contributed by atoms with E-state index in [1.807, 2.05) is 32.2 Å². The number of aliphatic hydroxyl groups is 1. The summed E-state index contributed by atoms with van der Waals surface area (Å²) in [4.78, 5) is 2.14. The molecule has 1 aromatic carbocycles. The number of rotatable bonds is 5. The molecule has 0 aliphatic heterocycles. The highest BCUT2D eigenvalue weighted by Gasteiger charge is 2.05. The van der Waals surface area contributed by atoms with Crippen LogP contribution >= 0.6 is 0 Å². The van der Waals surface area contributed by atoms with Crippen LogP contribution in [0, 0.1) is 0 Å². The Kier molecular flexibility index (Phi) is 4.63. The minimum atomic E-state index is -0.205. The summed E-state index contributed by atoms with van der Waals surface area (Å²) in [6.45, 7) is 3.64. The molecular weight excluding hydrogens is 174 g/mol. The van der Waals surface area contributed by atoms with Crippen LogP contribution in [0.3, 0.4) is 0 Å². The highest BCUT2D eigenvalue weighted by Crippen LogP contribution is 2.03. The fraction of sp³-hybridized carbons (Fsp3) is 0.500. The number of hydrogen-bond donors (Lipinski definition) is 1. The number of likely N-dealkylation sites (N-methyl/N-ethyl adjacent to an activating group) is 1. The third-order valence-electron chi connectivity index (χ3n) is 2.29. The maximum atomic E-state index is 9.46. The van der Waals surface area contributed by atoms with Gasteiger partial charge in [0.1, 0.15) is 0 Å². The van der Waals surface area contributed by atoms with E-state index < -0.39 is 0 Å². The molecule has 0 radical (unpaired) electrons. The van der Waals surface area contributed by atoms with Crippen molar-refractivity contribution in [1.29, 1.82) is 0 Å². The molecule has 2 nitrogen and oxygen atoms in total. The Morgan fingerprint density at radius 2 is 1.93 bits per heavy atom. The molecule has 1 rings (SSSR count). The Hall–Kier alpha value is -0.860. The molecule has 0 aromatic heterocycles. The van der Waals surface area contributed by atoms with E-state index in [-0.39, 0.29) is 6.10 Å². The summed E-state index contributed by atoms with van der Waals surface area (Å²) >= 11 is 0. The van der Waals surface area contributed by atoms with E-state index in [1.165, 1.54) is 5.56 Å². The number of hydrogen-bond acceptors (Lipinski definition) is 2. The summed E-state index contributed by atoms with van der Waals surface area (Å²) in [5, 5.41) is 9.46. The zero-order chi connectivity index (χ0) is 10.4. The minimum Gasteiger partial charge on any atom is -0.392 e. The van der Waals surface area contributed by atoms with Crippen molar-refractivity contribution in [2.45, 2.75) is 26.0 Å². The van der Waals surface area contributed by atoms with Gasteiger partial charge in [0, 0.05) is 13.1 Å². The average molecular weight is 193 g/mol. The van der Waals surface area contributed by atoms with Gasteiger partial charge in [0.05, 0.1) is 6.10 Å². The molecule has 14 heavy (non-hydrogen) atoms. The molecule has 0 aliphatic rings. The van der Waals surface area contributed by atoms with Gasteiger partial charge in [0.2, 0.25) is 0 Å². The lowest BCUT2D eigenvalue weighted by Crippen LogP contribution is -2.28. The number of aliphatic hydroxyl groups excluding tert-OH is 1. The zero-order valence-corrected chi connectivity index (χ0v) is 8.98. The van der Waals surface area contributed by atoms with Crippen molar-refractivity contribution in [3.63, 3.8) is 0 Å². The van der Waals surface area contributed by atoms with Crippen LogP contribution in [0.2, 0.25) is 0 Å². The SMILES string of the molecule is CC[C@H](O)CN(C)Cc1ccccc1. The summed E-state index contributed by atoms with van der Waals surface area (Å²) in [6, 6.07) is 10.3. The first-order valence-electron chi connectivity index (χ1n) is 5.13. The molecule has 78 valence electrons. The zero-order valence-electron chi connectivity index (χ0n) is 8.98. The first-order chi connectivity index (χ1) is 6.72. The monoisotopic (exact) mass is 193 g/mol. The second-order valence-electron chi connectivity index (χ2n) is 3.74. The highest BCUT2D eigenvalue weighted by atomic mass is 16.3. The van der Waals surface area contributed by atoms with Crippen molar-refractivity contribution >= 4 is 0 Å². The van der Waals surface area contributed by atoms with Crippen molar-refractivity contribution in [1.82, 2.24) is 4.90 Å². The van der Waals surface area contributed by atoms with Crippen LogP contribution in [0.4, 0.5) is 0 Å². The second kappa shape index (κ2) is 5.78. The van der Waals surface area contributed by atoms with E-state index in [0.29, 0.717) is 0 Å². The van der Waals surface area contributed by atoms with Crippen LogP contribution in [0.15, 0.2) is 30.3 Å². The fourth-order valence-corrected chi connectivity index (χ4v) is 1.45. The summed E-state index contributed by atoms with van der Waals surface area (Å²) in [6.07, 6.45) is 0.614. The average Bonchev–Trinajstić information content (AvgIpc) is 2.19. The van der Waals surface area contributed by atoms with Gasteiger partial charge in [-0.2, -0.15) is 0 Å². The van der Waals surface area contributed by atoms with Gasteiger partial charge in [0.15, 0.2) is 0 Å². The molecule has 0 saturated carbocycles. The fourth-order valence-electron chi connectivity index (χ4n) is 1.45. The topological polar surface area (TPSA) is 23.5 Å². The lowest BCUT2D eigenvalue weighted by molar-refractivity contribution is 0.119. The van der Waals surface area contributed by atoms with E-state index in [2.05, 4.69) is 17.0 Å². The van der Waals surface area contributed by atoms with Crippen molar-refractivity contribution < 1.29 is 5.11 Å². The molecule has 0 saturated heterocycles. The van der Waals surface area contributed by atoms with Gasteiger partial charge in [-0.15, -0.1) is 0 Å². The molecule has 0 spiro atoms. The van der Waals surface area contributed by atoms with E-state index >= 15 is 0 Å². The van der Waals surface area contributed by atoms with Gasteiger partial charge in [-0.05, 0) is 19.0 Å². The Morgan fingerprint density at radius 3 is 2.50 bits per heavy atom. The maximum absolute atomic E-state index is 9.46. The third-order valence-corrected chi connectivity index (χ3v) is 2.29. The van der Waals surface area contributed by atoms with Crippen LogP contribution in [-0.2, 0) is 6.54 Å². The largest absolute Gasteiger partial charge is 0.392 e. The third kappa shape index (κ3) is 3.90. The standard InChI is InChI=1S/C12H19NO/c1-3-12(14)10-13(2)9-11-7-5-4-6-8-11/h4-8,12,14H,3,9-10H2,1-2H3/t12-/m0/s1. The molecule has 0 amide bonds. The Labute approximate surface area is 86.2 Å². The van der Waals surface area contributed by atoms with Crippen LogP contribution in [0.1, 0.15) is 18.9 Å². The lowest BCUT2D eigenvalue weighted by atomic mass is 10.2. The van der Waals surface area contributed by atoms with Crippen molar-refractivity contribution in [2.75, 3.05) is 13.6 Å². The first kappa shape index (κ1) is 11.2. The smallest absolute Gasteiger partial charge is 0.0664 e. The normalized spacial score (nSPS) is 13.1. The van der Waals surface area contributed by atoms with E-state index in [0.717, 1.165) is 19.5 Å². The van der Waals surface area contributed by atoms with E-state index in [1.54, 1.807) is 0 Å². The van der Waals surface area contributed by atoms with Crippen molar-refractivity contribution in [3.8, 4) is 0 Å². The van der Waals surface area contributed by atoms with Gasteiger partial charge in [-0.3, -0.25) is 4.90 Å². The van der Waals surface area contributed by atoms with E-state index in [9.17, 15) is 5.11 Å². The molecule has 1 aromatic rings. The summed E-state index contributed by atoms with van der Waals surface area (Å²) in [5.74, 6) is 0. The molecule has 0 fully saturated rings. The number of benzene rings is 1. The van der Waals surface area contributed by atoms with Crippen LogP contribution in [0.5, 0.6) is 0 Å². The molecule has 1 N–H and O–H groups in total. The molecule has 0 unspecified atom stereocenters. The van der Waals surface area contributed by atoms with Gasteiger partial charge in [0.25, 0.3) is 0 Å². The van der Waals surface area contributed by atoms with Gasteiger partial charge >= 0.3 is 0 Å². The maximum Gasteiger partial charge on any atom is 0.0664 e. The molecule has 0 aliphatic carbocycles. The molecule has 0 bridgehead atoms. The molecular formula is C12H19NO. The first-order valence-corrected chi connectivity index (χ1v) is 5.13. The Morgan fingerprint density at radius 1 is 1.29 bits per heavy atom. The van der Waals surface area contributed by atoms with Gasteiger partial charge < -0.3 is 5.11 Å². The minimum absolute atomic E-state index is 0.205. The molecule has 1 atom stereocenters. The lowest BCUT2D eigenvalue weighted by Gasteiger charge is -2.19.